The van der Waals surface area contributed by atoms with E-state index in [9.17, 15) is 0 Å². The van der Waals surface area contributed by atoms with Crippen LogP contribution in [0, 0.1) is 12.8 Å². The van der Waals surface area contributed by atoms with Crippen LogP contribution in [-0.4, -0.2) is 24.7 Å². The summed E-state index contributed by atoms with van der Waals surface area (Å²) in [6.07, 6.45) is 2.54. The second kappa shape index (κ2) is 5.75. The summed E-state index contributed by atoms with van der Waals surface area (Å²) in [5, 5.41) is 11.7. The van der Waals surface area contributed by atoms with Crippen LogP contribution in [-0.2, 0) is 6.42 Å². The van der Waals surface area contributed by atoms with E-state index in [1.165, 1.54) is 0 Å². The normalized spacial score (nSPS) is 13.0. The van der Waals surface area contributed by atoms with Crippen molar-refractivity contribution in [1.82, 2.24) is 24.7 Å². The van der Waals surface area contributed by atoms with Crippen molar-refractivity contribution < 1.29 is 4.52 Å². The van der Waals surface area contributed by atoms with Gasteiger partial charge in [0, 0.05) is 24.2 Å². The molecule has 3 rings (SSSR count). The summed E-state index contributed by atoms with van der Waals surface area (Å²) in [4.78, 5) is 8.87. The van der Waals surface area contributed by atoms with Gasteiger partial charge in [0.05, 0.1) is 6.20 Å². The molecular formula is C15H20N6O. The molecule has 1 atom stereocenters. The molecule has 0 aromatic carbocycles. The van der Waals surface area contributed by atoms with Gasteiger partial charge >= 0.3 is 0 Å². The van der Waals surface area contributed by atoms with Crippen LogP contribution in [0.25, 0.3) is 5.65 Å². The van der Waals surface area contributed by atoms with Crippen LogP contribution in [0.15, 0.2) is 22.9 Å². The standard InChI is InChI=1S/C15H20N6O/c1-9(2)7-12-19-15(22-20-12)11(4)18-14-8-10(3)17-13-5-6-16-21(13)14/h5-6,8-9,11,18H,7H2,1-4H3/t11-/m1/s1. The zero-order valence-corrected chi connectivity index (χ0v) is 13.2. The first-order chi connectivity index (χ1) is 10.5. The average Bonchev–Trinajstić information content (AvgIpc) is 3.06. The second-order valence-electron chi connectivity index (χ2n) is 5.90. The third kappa shape index (κ3) is 2.93. The van der Waals surface area contributed by atoms with Crippen LogP contribution in [0.2, 0.25) is 0 Å². The predicted molar refractivity (Wildman–Crippen MR) is 82.6 cm³/mol. The number of aromatic nitrogens is 5. The lowest BCUT2D eigenvalue weighted by molar-refractivity contribution is 0.360. The molecule has 1 N–H and O–H groups in total. The second-order valence-corrected chi connectivity index (χ2v) is 5.90. The highest BCUT2D eigenvalue weighted by Crippen LogP contribution is 2.19. The lowest BCUT2D eigenvalue weighted by Crippen LogP contribution is -2.11. The molecule has 0 saturated heterocycles. The van der Waals surface area contributed by atoms with Crippen LogP contribution in [0.1, 0.15) is 44.2 Å². The van der Waals surface area contributed by atoms with Crippen LogP contribution >= 0.6 is 0 Å². The third-order valence-corrected chi connectivity index (χ3v) is 3.30. The van der Waals surface area contributed by atoms with E-state index >= 15 is 0 Å². The van der Waals surface area contributed by atoms with Gasteiger partial charge in [-0.05, 0) is 19.8 Å². The Morgan fingerprint density at radius 3 is 2.86 bits per heavy atom. The van der Waals surface area contributed by atoms with Gasteiger partial charge in [-0.1, -0.05) is 19.0 Å². The highest BCUT2D eigenvalue weighted by molar-refractivity contribution is 5.49. The smallest absolute Gasteiger partial charge is 0.248 e. The van der Waals surface area contributed by atoms with Crippen molar-refractivity contribution in [2.24, 2.45) is 5.92 Å². The monoisotopic (exact) mass is 300 g/mol. The highest BCUT2D eigenvalue weighted by atomic mass is 16.5. The van der Waals surface area contributed by atoms with Crippen molar-refractivity contribution in [3.63, 3.8) is 0 Å². The fourth-order valence-corrected chi connectivity index (χ4v) is 2.32. The number of aryl methyl sites for hydroxylation is 1. The van der Waals surface area contributed by atoms with E-state index < -0.39 is 0 Å². The van der Waals surface area contributed by atoms with Crippen molar-refractivity contribution >= 4 is 11.5 Å². The molecule has 3 heterocycles. The van der Waals surface area contributed by atoms with Gasteiger partial charge in [-0.3, -0.25) is 0 Å². The minimum absolute atomic E-state index is 0.109. The molecule has 0 radical (unpaired) electrons. The maximum atomic E-state index is 5.35. The summed E-state index contributed by atoms with van der Waals surface area (Å²) in [5.41, 5.74) is 1.73. The fraction of sp³-hybridized carbons (Fsp3) is 0.467. The van der Waals surface area contributed by atoms with E-state index in [2.05, 4.69) is 39.4 Å². The van der Waals surface area contributed by atoms with Gasteiger partial charge in [-0.15, -0.1) is 0 Å². The molecule has 0 spiro atoms. The molecule has 0 aliphatic rings. The Balaban J connectivity index is 1.82. The van der Waals surface area contributed by atoms with Crippen LogP contribution in [0.5, 0.6) is 0 Å². The number of hydrogen-bond acceptors (Lipinski definition) is 6. The van der Waals surface area contributed by atoms with Crippen LogP contribution < -0.4 is 5.32 Å². The minimum Gasteiger partial charge on any atom is -0.358 e. The Labute approximate surface area is 128 Å². The molecule has 7 nitrogen and oxygen atoms in total. The van der Waals surface area contributed by atoms with Crippen LogP contribution in [0.3, 0.4) is 0 Å². The Hall–Kier alpha value is -2.44. The predicted octanol–water partition coefficient (Wildman–Crippen LogP) is 2.79. The quantitative estimate of drug-likeness (QED) is 0.780. The van der Waals surface area contributed by atoms with Gasteiger partial charge in [0.1, 0.15) is 11.9 Å². The van der Waals surface area contributed by atoms with E-state index in [0.29, 0.717) is 11.8 Å². The number of anilines is 1. The molecular weight excluding hydrogens is 280 g/mol. The molecule has 0 amide bonds. The van der Waals surface area contributed by atoms with E-state index in [1.807, 2.05) is 26.0 Å². The van der Waals surface area contributed by atoms with Crippen molar-refractivity contribution in [3.8, 4) is 0 Å². The summed E-state index contributed by atoms with van der Waals surface area (Å²) >= 11 is 0. The van der Waals surface area contributed by atoms with E-state index in [0.717, 1.165) is 29.4 Å². The van der Waals surface area contributed by atoms with E-state index in [1.54, 1.807) is 10.7 Å². The van der Waals surface area contributed by atoms with Crippen molar-refractivity contribution in [1.29, 1.82) is 0 Å². The number of rotatable bonds is 5. The first-order valence-corrected chi connectivity index (χ1v) is 7.43. The SMILES string of the molecule is Cc1cc(N[C@H](C)c2nc(CC(C)C)no2)n2nccc2n1. The first-order valence-electron chi connectivity index (χ1n) is 7.43. The lowest BCUT2D eigenvalue weighted by Gasteiger charge is -2.12. The molecule has 0 saturated carbocycles. The van der Waals surface area contributed by atoms with Gasteiger partial charge in [0.25, 0.3) is 0 Å². The van der Waals surface area contributed by atoms with Gasteiger partial charge in [0.15, 0.2) is 11.5 Å². The highest BCUT2D eigenvalue weighted by Gasteiger charge is 2.16. The van der Waals surface area contributed by atoms with E-state index in [4.69, 9.17) is 4.52 Å². The van der Waals surface area contributed by atoms with Crippen molar-refractivity contribution in [3.05, 3.63) is 35.7 Å². The summed E-state index contributed by atoms with van der Waals surface area (Å²) in [6, 6.07) is 3.71. The topological polar surface area (TPSA) is 81.1 Å². The van der Waals surface area contributed by atoms with Gasteiger partial charge in [-0.25, -0.2) is 4.98 Å². The summed E-state index contributed by atoms with van der Waals surface area (Å²) < 4.78 is 7.11. The Morgan fingerprint density at radius 2 is 2.09 bits per heavy atom. The van der Waals surface area contributed by atoms with Gasteiger partial charge in [-0.2, -0.15) is 14.6 Å². The maximum absolute atomic E-state index is 5.35. The molecule has 3 aromatic rings. The molecule has 0 aliphatic carbocycles. The average molecular weight is 300 g/mol. The summed E-state index contributed by atoms with van der Waals surface area (Å²) in [7, 11) is 0. The molecule has 7 heteroatoms. The summed E-state index contributed by atoms with van der Waals surface area (Å²) in [5.74, 6) is 2.67. The third-order valence-electron chi connectivity index (χ3n) is 3.30. The molecule has 0 unspecified atom stereocenters. The first kappa shape index (κ1) is 14.5. The molecule has 22 heavy (non-hydrogen) atoms. The maximum Gasteiger partial charge on any atom is 0.248 e. The lowest BCUT2D eigenvalue weighted by atomic mass is 10.1. The minimum atomic E-state index is -0.109. The Kier molecular flexibility index (Phi) is 3.79. The zero-order chi connectivity index (χ0) is 15.7. The number of hydrogen-bond donors (Lipinski definition) is 1. The number of nitrogens with zero attached hydrogens (tertiary/aromatic N) is 5. The summed E-state index contributed by atoms with van der Waals surface area (Å²) in [6.45, 7) is 8.20. The fourth-order valence-electron chi connectivity index (χ4n) is 2.32. The largest absolute Gasteiger partial charge is 0.358 e. The van der Waals surface area contributed by atoms with Gasteiger partial charge in [0.2, 0.25) is 5.89 Å². The molecule has 3 aromatic heterocycles. The zero-order valence-electron chi connectivity index (χ0n) is 13.2. The molecule has 0 bridgehead atoms. The number of fused-ring (bicyclic) bond motifs is 1. The van der Waals surface area contributed by atoms with Gasteiger partial charge < -0.3 is 9.84 Å². The number of nitrogens with one attached hydrogen (secondary N) is 1. The van der Waals surface area contributed by atoms with E-state index in [-0.39, 0.29) is 6.04 Å². The van der Waals surface area contributed by atoms with Crippen LogP contribution in [0.4, 0.5) is 5.82 Å². The molecule has 116 valence electrons. The molecule has 0 fully saturated rings. The Bertz CT molecular complexity index is 775. The van der Waals surface area contributed by atoms with Crippen molar-refractivity contribution in [2.45, 2.75) is 40.2 Å². The molecule has 0 aliphatic heterocycles. The Morgan fingerprint density at radius 1 is 1.27 bits per heavy atom. The van der Waals surface area contributed by atoms with Crippen molar-refractivity contribution in [2.75, 3.05) is 5.32 Å².